The van der Waals surface area contributed by atoms with Crippen LogP contribution < -0.4 is 0 Å². The number of likely N-dealkylation sites (tertiary alicyclic amines) is 1. The van der Waals surface area contributed by atoms with Crippen LogP contribution in [0.5, 0.6) is 0 Å². The zero-order valence-corrected chi connectivity index (χ0v) is 14.6. The summed E-state index contributed by atoms with van der Waals surface area (Å²) < 4.78 is 0. The van der Waals surface area contributed by atoms with Gasteiger partial charge in [-0.1, -0.05) is 25.5 Å². The summed E-state index contributed by atoms with van der Waals surface area (Å²) in [5, 5.41) is 1.47. The summed E-state index contributed by atoms with van der Waals surface area (Å²) >= 11 is 0. The second-order valence-electron chi connectivity index (χ2n) is 7.90. The summed E-state index contributed by atoms with van der Waals surface area (Å²) in [6.45, 7) is 11.9. The number of nitrogens with zero attached hydrogens (tertiary/aromatic N) is 1. The maximum atomic E-state index is 3.77. The number of likely N-dealkylation sites (N-methyl/N-ethyl adjacent to an activating group) is 1. The van der Waals surface area contributed by atoms with Crippen molar-refractivity contribution in [1.82, 2.24) is 9.88 Å². The van der Waals surface area contributed by atoms with Gasteiger partial charge in [0.1, 0.15) is 0 Å². The minimum atomic E-state index is 0.616. The van der Waals surface area contributed by atoms with E-state index in [0.29, 0.717) is 23.9 Å². The molecule has 22 heavy (non-hydrogen) atoms. The van der Waals surface area contributed by atoms with Crippen LogP contribution in [0.15, 0.2) is 18.2 Å². The highest BCUT2D eigenvalue weighted by Gasteiger charge is 2.51. The van der Waals surface area contributed by atoms with Gasteiger partial charge in [0.05, 0.1) is 0 Å². The molecule has 2 nitrogen and oxygen atoms in total. The van der Waals surface area contributed by atoms with E-state index in [1.807, 2.05) is 0 Å². The number of rotatable bonds is 0. The van der Waals surface area contributed by atoms with Gasteiger partial charge in [0.25, 0.3) is 0 Å². The Bertz CT molecular complexity index is 729. The first kappa shape index (κ1) is 14.3. The van der Waals surface area contributed by atoms with E-state index >= 15 is 0 Å². The molecule has 1 aliphatic heterocycles. The molecule has 2 heteroatoms. The molecular weight excluding hydrogens is 268 g/mol. The maximum absolute atomic E-state index is 3.77. The van der Waals surface area contributed by atoms with E-state index in [-0.39, 0.29) is 0 Å². The van der Waals surface area contributed by atoms with E-state index in [2.05, 4.69) is 69.7 Å². The normalized spacial score (nSPS) is 38.3. The first-order valence-corrected chi connectivity index (χ1v) is 8.76. The van der Waals surface area contributed by atoms with Crippen LogP contribution in [0.25, 0.3) is 10.9 Å². The lowest BCUT2D eigenvalue weighted by Gasteiger charge is -2.39. The van der Waals surface area contributed by atoms with Gasteiger partial charge >= 0.3 is 0 Å². The van der Waals surface area contributed by atoms with Gasteiger partial charge in [-0.05, 0) is 63.3 Å². The number of fused-ring (bicyclic) bond motifs is 5. The Morgan fingerprint density at radius 1 is 1.05 bits per heavy atom. The Labute approximate surface area is 133 Å². The van der Waals surface area contributed by atoms with E-state index in [0.717, 1.165) is 11.8 Å². The summed E-state index contributed by atoms with van der Waals surface area (Å²) in [6, 6.07) is 8.17. The molecular formula is C20H28N2. The van der Waals surface area contributed by atoms with Crippen LogP contribution in [0.3, 0.4) is 0 Å². The molecule has 1 aromatic carbocycles. The SMILES string of the molecule is Cc1ccc2[nH]c3c(c2c1)C1C(C(C)C3C)C(C)N(C)C1C. The van der Waals surface area contributed by atoms with E-state index in [4.69, 9.17) is 0 Å². The summed E-state index contributed by atoms with van der Waals surface area (Å²) in [5.41, 5.74) is 5.82. The first-order valence-electron chi connectivity index (χ1n) is 8.76. The zero-order valence-electron chi connectivity index (χ0n) is 14.6. The molecule has 1 aromatic heterocycles. The lowest BCUT2D eigenvalue weighted by molar-refractivity contribution is 0.206. The van der Waals surface area contributed by atoms with Crippen molar-refractivity contribution in [2.45, 2.75) is 58.5 Å². The molecule has 2 aromatic rings. The number of aromatic nitrogens is 1. The molecule has 0 spiro atoms. The standard InChI is InChI=1S/C20H28N2/c1-10-7-8-16-15(9-10)19-18-14(5)22(6)13(4)17(18)11(2)12(3)20(19)21-16/h7-9,11-14,17-18,21H,1-6H3. The molecule has 0 saturated carbocycles. The summed E-state index contributed by atoms with van der Waals surface area (Å²) in [5.74, 6) is 2.78. The van der Waals surface area contributed by atoms with Gasteiger partial charge in [0.2, 0.25) is 0 Å². The molecule has 2 aliphatic rings. The van der Waals surface area contributed by atoms with Crippen molar-refractivity contribution in [3.63, 3.8) is 0 Å². The maximum Gasteiger partial charge on any atom is 0.0459 e. The second kappa shape index (κ2) is 4.61. The number of nitrogens with one attached hydrogen (secondary N) is 1. The van der Waals surface area contributed by atoms with Gasteiger partial charge < -0.3 is 9.88 Å². The monoisotopic (exact) mass is 296 g/mol. The van der Waals surface area contributed by atoms with Gasteiger partial charge in [-0.25, -0.2) is 0 Å². The van der Waals surface area contributed by atoms with E-state index in [9.17, 15) is 0 Å². The van der Waals surface area contributed by atoms with Gasteiger partial charge in [0, 0.05) is 34.6 Å². The number of H-pyrrole nitrogens is 1. The fraction of sp³-hybridized carbons (Fsp3) is 0.600. The molecule has 1 aliphatic carbocycles. The molecule has 0 amide bonds. The largest absolute Gasteiger partial charge is 0.358 e. The van der Waals surface area contributed by atoms with Crippen LogP contribution in [-0.2, 0) is 0 Å². The van der Waals surface area contributed by atoms with Crippen LogP contribution in [-0.4, -0.2) is 29.0 Å². The summed E-state index contributed by atoms with van der Waals surface area (Å²) in [4.78, 5) is 6.37. The average molecular weight is 296 g/mol. The van der Waals surface area contributed by atoms with Gasteiger partial charge in [-0.15, -0.1) is 0 Å². The zero-order chi connectivity index (χ0) is 15.8. The van der Waals surface area contributed by atoms with Gasteiger partial charge in [-0.2, -0.15) is 0 Å². The van der Waals surface area contributed by atoms with Crippen molar-refractivity contribution in [3.8, 4) is 0 Å². The van der Waals surface area contributed by atoms with Crippen LogP contribution in [0.1, 0.15) is 56.4 Å². The van der Waals surface area contributed by atoms with Crippen molar-refractivity contribution in [1.29, 1.82) is 0 Å². The van der Waals surface area contributed by atoms with Crippen LogP contribution >= 0.6 is 0 Å². The van der Waals surface area contributed by atoms with Crippen LogP contribution in [0.2, 0.25) is 0 Å². The fourth-order valence-corrected chi connectivity index (χ4v) is 5.38. The molecule has 0 bridgehead atoms. The van der Waals surface area contributed by atoms with Crippen molar-refractivity contribution >= 4 is 10.9 Å². The number of aromatic amines is 1. The quantitative estimate of drug-likeness (QED) is 0.749. The Morgan fingerprint density at radius 2 is 1.77 bits per heavy atom. The highest BCUT2D eigenvalue weighted by Crippen LogP contribution is 2.55. The second-order valence-corrected chi connectivity index (χ2v) is 7.90. The number of benzene rings is 1. The number of hydrogen-bond donors (Lipinski definition) is 1. The molecule has 1 N–H and O–H groups in total. The summed E-state index contributed by atoms with van der Waals surface area (Å²) in [7, 11) is 2.31. The predicted molar refractivity (Wildman–Crippen MR) is 93.5 cm³/mol. The van der Waals surface area contributed by atoms with Crippen LogP contribution in [0.4, 0.5) is 0 Å². The Morgan fingerprint density at radius 3 is 2.50 bits per heavy atom. The number of hydrogen-bond acceptors (Lipinski definition) is 1. The van der Waals surface area contributed by atoms with Crippen molar-refractivity contribution < 1.29 is 0 Å². The molecule has 2 heterocycles. The third-order valence-corrected chi connectivity index (χ3v) is 6.99. The molecule has 118 valence electrons. The van der Waals surface area contributed by atoms with Gasteiger partial charge in [0.15, 0.2) is 0 Å². The minimum Gasteiger partial charge on any atom is -0.358 e. The van der Waals surface area contributed by atoms with E-state index < -0.39 is 0 Å². The lowest BCUT2D eigenvalue weighted by Crippen LogP contribution is -2.34. The Hall–Kier alpha value is -1.28. The molecule has 1 saturated heterocycles. The van der Waals surface area contributed by atoms with Gasteiger partial charge in [-0.3, -0.25) is 0 Å². The molecule has 4 rings (SSSR count). The number of aryl methyl sites for hydroxylation is 1. The predicted octanol–water partition coefficient (Wildman–Crippen LogP) is 4.65. The van der Waals surface area contributed by atoms with Crippen molar-refractivity contribution in [2.75, 3.05) is 7.05 Å². The molecule has 1 fully saturated rings. The smallest absolute Gasteiger partial charge is 0.0459 e. The Kier molecular flexibility index (Phi) is 3.00. The molecule has 6 unspecified atom stereocenters. The van der Waals surface area contributed by atoms with E-state index in [1.165, 1.54) is 22.2 Å². The molecule has 6 atom stereocenters. The lowest BCUT2D eigenvalue weighted by atomic mass is 9.65. The summed E-state index contributed by atoms with van der Waals surface area (Å²) in [6.07, 6.45) is 0. The topological polar surface area (TPSA) is 19.0 Å². The third-order valence-electron chi connectivity index (χ3n) is 6.99. The van der Waals surface area contributed by atoms with E-state index in [1.54, 1.807) is 5.56 Å². The van der Waals surface area contributed by atoms with Crippen LogP contribution in [0, 0.1) is 18.8 Å². The van der Waals surface area contributed by atoms with Crippen molar-refractivity contribution in [3.05, 3.63) is 35.0 Å². The highest BCUT2D eigenvalue weighted by atomic mass is 15.2. The third kappa shape index (κ3) is 1.65. The van der Waals surface area contributed by atoms with Crippen molar-refractivity contribution in [2.24, 2.45) is 11.8 Å². The first-order chi connectivity index (χ1) is 10.4. The Balaban J connectivity index is 2.01. The minimum absolute atomic E-state index is 0.616. The average Bonchev–Trinajstić information content (AvgIpc) is 2.96. The fourth-order valence-electron chi connectivity index (χ4n) is 5.38. The molecule has 0 radical (unpaired) electrons. The highest BCUT2D eigenvalue weighted by molar-refractivity contribution is 5.86.